The van der Waals surface area contributed by atoms with E-state index in [0.717, 1.165) is 19.6 Å². The van der Waals surface area contributed by atoms with E-state index in [1.165, 1.54) is 67.2 Å². The Hall–Kier alpha value is -2.10. The Morgan fingerprint density at radius 2 is 1.38 bits per heavy atom. The fourth-order valence-corrected chi connectivity index (χ4v) is 3.99. The van der Waals surface area contributed by atoms with Crippen molar-refractivity contribution < 1.29 is 0 Å². The molecule has 0 aliphatic carbocycles. The summed E-state index contributed by atoms with van der Waals surface area (Å²) in [5, 5.41) is 6.22. The van der Waals surface area contributed by atoms with Gasteiger partial charge < -0.3 is 14.8 Å². The number of rotatable bonds is 13. The summed E-state index contributed by atoms with van der Waals surface area (Å²) in [5.74, 6) is 0. The van der Waals surface area contributed by atoms with E-state index in [1.807, 2.05) is 0 Å². The maximum absolute atomic E-state index is 3.60. The molecule has 3 rings (SSSR count). The van der Waals surface area contributed by atoms with E-state index >= 15 is 0 Å². The Bertz CT molecular complexity index is 796. The Labute approximate surface area is 176 Å². The summed E-state index contributed by atoms with van der Waals surface area (Å²) in [6.45, 7) is 11.3. The highest BCUT2D eigenvalue weighted by Crippen LogP contribution is 2.16. The van der Waals surface area contributed by atoms with Crippen LogP contribution in [0.15, 0.2) is 60.9 Å². The van der Waals surface area contributed by atoms with Crippen LogP contribution in [0.4, 0.5) is 0 Å². The molecule has 0 saturated carbocycles. The van der Waals surface area contributed by atoms with Crippen molar-refractivity contribution in [2.45, 2.75) is 52.6 Å². The minimum absolute atomic E-state index is 0.925. The highest BCUT2D eigenvalue weighted by Gasteiger charge is 2.02. The molecule has 3 aromatic rings. The number of unbranched alkanes of at least 4 members (excludes halogenated alkanes) is 1. The molecule has 0 spiro atoms. The highest BCUT2D eigenvalue weighted by atomic mass is 15.1. The molecule has 3 heteroatoms. The van der Waals surface area contributed by atoms with Gasteiger partial charge in [0.25, 0.3) is 0 Å². The third-order valence-electron chi connectivity index (χ3n) is 5.48. The second-order valence-corrected chi connectivity index (χ2v) is 8.10. The van der Waals surface area contributed by atoms with Gasteiger partial charge in [-0.3, -0.25) is 0 Å². The fourth-order valence-electron chi connectivity index (χ4n) is 3.99. The molecule has 0 amide bonds. The van der Waals surface area contributed by atoms with Crippen LogP contribution in [-0.2, 0) is 13.1 Å². The summed E-state index contributed by atoms with van der Waals surface area (Å²) in [6.07, 6.45) is 9.52. The van der Waals surface area contributed by atoms with Gasteiger partial charge in [0, 0.05) is 25.5 Å². The molecule has 0 saturated heterocycles. The van der Waals surface area contributed by atoms with Crippen LogP contribution in [0.25, 0.3) is 10.8 Å². The fraction of sp³-hybridized carbons (Fsp3) is 0.462. The molecule has 156 valence electrons. The Kier molecular flexibility index (Phi) is 8.79. The summed E-state index contributed by atoms with van der Waals surface area (Å²) in [4.78, 5) is 2.60. The van der Waals surface area contributed by atoms with Crippen LogP contribution >= 0.6 is 0 Å². The minimum atomic E-state index is 0.925. The van der Waals surface area contributed by atoms with Gasteiger partial charge in [0.2, 0.25) is 0 Å². The average molecular weight is 392 g/mol. The molecular formula is C26H37N3. The second-order valence-electron chi connectivity index (χ2n) is 8.10. The summed E-state index contributed by atoms with van der Waals surface area (Å²) >= 11 is 0. The van der Waals surface area contributed by atoms with Gasteiger partial charge in [-0.1, -0.05) is 62.4 Å². The predicted octanol–water partition coefficient (Wildman–Crippen LogP) is 5.68. The van der Waals surface area contributed by atoms with Gasteiger partial charge in [0.15, 0.2) is 0 Å². The van der Waals surface area contributed by atoms with E-state index in [0.29, 0.717) is 0 Å². The van der Waals surface area contributed by atoms with Crippen molar-refractivity contribution >= 4 is 10.8 Å². The van der Waals surface area contributed by atoms with Crippen molar-refractivity contribution in [2.24, 2.45) is 0 Å². The van der Waals surface area contributed by atoms with Gasteiger partial charge in [-0.15, -0.1) is 0 Å². The number of aromatic nitrogens is 1. The lowest BCUT2D eigenvalue weighted by Gasteiger charge is -2.20. The van der Waals surface area contributed by atoms with E-state index in [9.17, 15) is 0 Å². The van der Waals surface area contributed by atoms with Crippen LogP contribution in [0.2, 0.25) is 0 Å². The monoisotopic (exact) mass is 391 g/mol. The molecule has 0 aliphatic heterocycles. The molecule has 0 bridgehead atoms. The van der Waals surface area contributed by atoms with Crippen molar-refractivity contribution in [1.29, 1.82) is 0 Å². The van der Waals surface area contributed by atoms with Gasteiger partial charge in [0.1, 0.15) is 0 Å². The maximum Gasteiger partial charge on any atom is 0.0470 e. The minimum Gasteiger partial charge on any atom is -0.349 e. The lowest BCUT2D eigenvalue weighted by atomic mass is 10.1. The summed E-state index contributed by atoms with van der Waals surface area (Å²) in [5.41, 5.74) is 2.71. The van der Waals surface area contributed by atoms with Gasteiger partial charge in [-0.05, 0) is 73.8 Å². The molecule has 0 unspecified atom stereocenters. The Morgan fingerprint density at radius 3 is 2.00 bits per heavy atom. The third kappa shape index (κ3) is 7.02. The third-order valence-corrected chi connectivity index (χ3v) is 5.48. The molecule has 2 aromatic carbocycles. The van der Waals surface area contributed by atoms with Gasteiger partial charge in [-0.25, -0.2) is 0 Å². The largest absolute Gasteiger partial charge is 0.349 e. The number of benzene rings is 2. The van der Waals surface area contributed by atoms with E-state index in [1.54, 1.807) is 0 Å². The zero-order valence-corrected chi connectivity index (χ0v) is 18.2. The van der Waals surface area contributed by atoms with E-state index in [-0.39, 0.29) is 0 Å². The standard InChI is InChI=1S/C26H37N3/c1-3-16-28(17-4-2)18-8-7-15-27-19-23-11-13-24(14-12-23)20-29-21-25-9-5-6-10-26(25)22-29/h5-6,9-14,21-22,27H,3-4,7-8,15-20H2,1-2H3. The van der Waals surface area contributed by atoms with E-state index in [4.69, 9.17) is 0 Å². The first-order chi connectivity index (χ1) is 14.3. The predicted molar refractivity (Wildman–Crippen MR) is 125 cm³/mol. The van der Waals surface area contributed by atoms with Crippen LogP contribution in [0, 0.1) is 0 Å². The van der Waals surface area contributed by atoms with Gasteiger partial charge >= 0.3 is 0 Å². The van der Waals surface area contributed by atoms with E-state index in [2.05, 4.69) is 89.6 Å². The number of hydrogen-bond acceptors (Lipinski definition) is 2. The quantitative estimate of drug-likeness (QED) is 0.378. The molecule has 0 atom stereocenters. The first-order valence-electron chi connectivity index (χ1n) is 11.3. The van der Waals surface area contributed by atoms with Gasteiger partial charge in [0.05, 0.1) is 0 Å². The molecule has 1 N–H and O–H groups in total. The van der Waals surface area contributed by atoms with E-state index < -0.39 is 0 Å². The zero-order valence-electron chi connectivity index (χ0n) is 18.2. The topological polar surface area (TPSA) is 20.2 Å². The Morgan fingerprint density at radius 1 is 0.759 bits per heavy atom. The van der Waals surface area contributed by atoms with Crippen LogP contribution in [-0.4, -0.2) is 35.6 Å². The number of nitrogens with one attached hydrogen (secondary N) is 1. The summed E-state index contributed by atoms with van der Waals surface area (Å²) in [7, 11) is 0. The van der Waals surface area contributed by atoms with Crippen molar-refractivity contribution in [1.82, 2.24) is 14.8 Å². The maximum atomic E-state index is 3.60. The molecule has 29 heavy (non-hydrogen) atoms. The summed E-state index contributed by atoms with van der Waals surface area (Å²) in [6, 6.07) is 17.6. The van der Waals surface area contributed by atoms with Crippen LogP contribution in [0.5, 0.6) is 0 Å². The SMILES string of the molecule is CCCN(CCC)CCCCNCc1ccc(Cn2cc3ccccc3c2)cc1. The number of fused-ring (bicyclic) bond motifs is 1. The highest BCUT2D eigenvalue weighted by molar-refractivity contribution is 5.82. The van der Waals surface area contributed by atoms with Crippen LogP contribution < -0.4 is 5.32 Å². The Balaban J connectivity index is 1.36. The lowest BCUT2D eigenvalue weighted by Crippen LogP contribution is -2.27. The van der Waals surface area contributed by atoms with Crippen molar-refractivity contribution in [3.63, 3.8) is 0 Å². The van der Waals surface area contributed by atoms with Crippen molar-refractivity contribution in [3.8, 4) is 0 Å². The summed E-state index contributed by atoms with van der Waals surface area (Å²) < 4.78 is 2.28. The molecule has 3 nitrogen and oxygen atoms in total. The molecule has 1 aromatic heterocycles. The van der Waals surface area contributed by atoms with Crippen molar-refractivity contribution in [3.05, 3.63) is 72.1 Å². The van der Waals surface area contributed by atoms with Crippen LogP contribution in [0.3, 0.4) is 0 Å². The molecule has 0 fully saturated rings. The molecular weight excluding hydrogens is 354 g/mol. The van der Waals surface area contributed by atoms with Gasteiger partial charge in [-0.2, -0.15) is 0 Å². The molecule has 0 radical (unpaired) electrons. The number of nitrogens with zero attached hydrogens (tertiary/aromatic N) is 2. The lowest BCUT2D eigenvalue weighted by molar-refractivity contribution is 0.268. The van der Waals surface area contributed by atoms with Crippen LogP contribution in [0.1, 0.15) is 50.7 Å². The first kappa shape index (κ1) is 21.6. The molecule has 1 heterocycles. The normalized spacial score (nSPS) is 11.6. The zero-order chi connectivity index (χ0) is 20.3. The average Bonchev–Trinajstić information content (AvgIpc) is 3.14. The first-order valence-corrected chi connectivity index (χ1v) is 11.3. The smallest absolute Gasteiger partial charge is 0.0470 e. The molecule has 0 aliphatic rings. The second kappa shape index (κ2) is 11.8. The number of hydrogen-bond donors (Lipinski definition) is 1. The van der Waals surface area contributed by atoms with Crippen molar-refractivity contribution in [2.75, 3.05) is 26.2 Å².